The molecule has 2 heterocycles. The first-order valence-electron chi connectivity index (χ1n) is 6.99. The minimum atomic E-state index is -0.525. The van der Waals surface area contributed by atoms with Crippen molar-refractivity contribution < 1.29 is 9.53 Å². The van der Waals surface area contributed by atoms with E-state index < -0.39 is 6.10 Å². The number of aromatic amines is 1. The first-order chi connectivity index (χ1) is 10.1. The summed E-state index contributed by atoms with van der Waals surface area (Å²) in [7, 11) is 0. The van der Waals surface area contributed by atoms with E-state index in [1.807, 2.05) is 32.0 Å². The topological polar surface area (TPSA) is 69.1 Å². The maximum atomic E-state index is 12.6. The van der Waals surface area contributed by atoms with Gasteiger partial charge in [0.15, 0.2) is 6.10 Å². The maximum absolute atomic E-state index is 12.6. The van der Waals surface area contributed by atoms with Crippen LogP contribution in [-0.4, -0.2) is 41.6 Å². The number of morpholine rings is 1. The molecule has 0 bridgehead atoms. The zero-order valence-electron chi connectivity index (χ0n) is 12.1. The van der Waals surface area contributed by atoms with Gasteiger partial charge in [-0.05, 0) is 37.6 Å². The molecular formula is C16H17N3O2. The van der Waals surface area contributed by atoms with Gasteiger partial charge >= 0.3 is 0 Å². The molecule has 1 aromatic heterocycles. The van der Waals surface area contributed by atoms with Crippen LogP contribution in [-0.2, 0) is 4.74 Å². The van der Waals surface area contributed by atoms with Crippen LogP contribution >= 0.6 is 0 Å². The number of carbonyl (C=O) groups is 1. The van der Waals surface area contributed by atoms with Crippen LogP contribution in [0.1, 0.15) is 21.6 Å². The van der Waals surface area contributed by atoms with Gasteiger partial charge in [-0.2, -0.15) is 5.26 Å². The van der Waals surface area contributed by atoms with Gasteiger partial charge in [-0.1, -0.05) is 0 Å². The van der Waals surface area contributed by atoms with Crippen LogP contribution < -0.4 is 0 Å². The molecule has 1 fully saturated rings. The normalized spacial score (nSPS) is 18.7. The van der Waals surface area contributed by atoms with Crippen molar-refractivity contribution in [2.75, 3.05) is 19.7 Å². The van der Waals surface area contributed by atoms with Crippen LogP contribution in [0.15, 0.2) is 18.2 Å². The molecule has 5 heteroatoms. The van der Waals surface area contributed by atoms with Gasteiger partial charge < -0.3 is 14.6 Å². The van der Waals surface area contributed by atoms with Crippen LogP contribution in [0, 0.1) is 25.2 Å². The van der Waals surface area contributed by atoms with Crippen molar-refractivity contribution in [2.24, 2.45) is 0 Å². The number of H-pyrrole nitrogens is 1. The Morgan fingerprint density at radius 1 is 1.48 bits per heavy atom. The first-order valence-corrected chi connectivity index (χ1v) is 6.99. The second-order valence-corrected chi connectivity index (χ2v) is 5.38. The predicted molar refractivity (Wildman–Crippen MR) is 79.0 cm³/mol. The molecule has 1 saturated heterocycles. The summed E-state index contributed by atoms with van der Waals surface area (Å²) in [6.45, 7) is 5.34. The summed E-state index contributed by atoms with van der Waals surface area (Å²) in [6, 6.07) is 7.75. The highest BCUT2D eigenvalue weighted by Gasteiger charge is 2.25. The van der Waals surface area contributed by atoms with Gasteiger partial charge in [-0.15, -0.1) is 0 Å². The molecule has 0 saturated carbocycles. The number of benzene rings is 1. The lowest BCUT2D eigenvalue weighted by atomic mass is 10.1. The third-order valence-corrected chi connectivity index (χ3v) is 4.05. The number of amides is 1. The summed E-state index contributed by atoms with van der Waals surface area (Å²) >= 11 is 0. The molecule has 1 amide bonds. The molecule has 1 aliphatic rings. The maximum Gasteiger partial charge on any atom is 0.254 e. The van der Waals surface area contributed by atoms with Gasteiger partial charge in [0.05, 0.1) is 19.2 Å². The SMILES string of the molecule is Cc1[nH]c2ccc(C(=O)N3CCOC(C#N)C3)cc2c1C. The molecule has 1 aliphatic heterocycles. The molecule has 1 aromatic carbocycles. The van der Waals surface area contributed by atoms with E-state index in [4.69, 9.17) is 10.00 Å². The predicted octanol–water partition coefficient (Wildman–Crippen LogP) is 2.15. The minimum Gasteiger partial charge on any atom is -0.360 e. The quantitative estimate of drug-likeness (QED) is 0.871. The van der Waals surface area contributed by atoms with Crippen LogP contribution in [0.25, 0.3) is 10.9 Å². The van der Waals surface area contributed by atoms with E-state index in [2.05, 4.69) is 11.1 Å². The van der Waals surface area contributed by atoms with E-state index in [1.54, 1.807) is 4.90 Å². The number of aromatic nitrogens is 1. The van der Waals surface area contributed by atoms with E-state index >= 15 is 0 Å². The van der Waals surface area contributed by atoms with Crippen LogP contribution in [0.2, 0.25) is 0 Å². The molecular weight excluding hydrogens is 266 g/mol. The molecule has 0 radical (unpaired) electrons. The van der Waals surface area contributed by atoms with E-state index in [-0.39, 0.29) is 5.91 Å². The molecule has 1 N–H and O–H groups in total. The van der Waals surface area contributed by atoms with Crippen LogP contribution in [0.3, 0.4) is 0 Å². The number of carbonyl (C=O) groups excluding carboxylic acids is 1. The second-order valence-electron chi connectivity index (χ2n) is 5.38. The molecule has 108 valence electrons. The summed E-state index contributed by atoms with van der Waals surface area (Å²) in [6.07, 6.45) is -0.525. The van der Waals surface area contributed by atoms with Crippen molar-refractivity contribution in [3.8, 4) is 6.07 Å². The van der Waals surface area contributed by atoms with E-state index in [0.717, 1.165) is 22.2 Å². The second kappa shape index (κ2) is 5.23. The standard InChI is InChI=1S/C16H17N3O2/c1-10-11(2)18-15-4-3-12(7-14(10)15)16(20)19-5-6-21-13(8-17)9-19/h3-4,7,13,18H,5-6,9H2,1-2H3. The lowest BCUT2D eigenvalue weighted by molar-refractivity contribution is 0.00347. The van der Waals surface area contributed by atoms with Gasteiger partial charge in [0.2, 0.25) is 0 Å². The summed E-state index contributed by atoms with van der Waals surface area (Å²) < 4.78 is 5.28. The molecule has 0 aliphatic carbocycles. The monoisotopic (exact) mass is 283 g/mol. The highest BCUT2D eigenvalue weighted by Crippen LogP contribution is 2.23. The fraction of sp³-hybridized carbons (Fsp3) is 0.375. The average Bonchev–Trinajstić information content (AvgIpc) is 2.81. The summed E-state index contributed by atoms with van der Waals surface area (Å²) in [5.74, 6) is -0.0429. The summed E-state index contributed by atoms with van der Waals surface area (Å²) in [5, 5.41) is 10.00. The molecule has 3 rings (SSSR count). The molecule has 5 nitrogen and oxygen atoms in total. The number of nitrogens with zero attached hydrogens (tertiary/aromatic N) is 2. The summed E-state index contributed by atoms with van der Waals surface area (Å²) in [5.41, 5.74) is 3.98. The largest absolute Gasteiger partial charge is 0.360 e. The number of aryl methyl sites for hydroxylation is 2. The Hall–Kier alpha value is -2.32. The molecule has 1 unspecified atom stereocenters. The molecule has 2 aromatic rings. The van der Waals surface area contributed by atoms with Crippen LogP contribution in [0.5, 0.6) is 0 Å². The van der Waals surface area contributed by atoms with Crippen molar-refractivity contribution in [3.63, 3.8) is 0 Å². The molecule has 21 heavy (non-hydrogen) atoms. The Bertz CT molecular complexity index is 742. The molecule has 1 atom stereocenters. The number of fused-ring (bicyclic) bond motifs is 1. The van der Waals surface area contributed by atoms with Gasteiger partial charge in [0.25, 0.3) is 5.91 Å². The fourth-order valence-corrected chi connectivity index (χ4v) is 2.69. The first kappa shape index (κ1) is 13.7. The number of hydrogen-bond acceptors (Lipinski definition) is 3. The fourth-order valence-electron chi connectivity index (χ4n) is 2.69. The van der Waals surface area contributed by atoms with Gasteiger partial charge in [-0.3, -0.25) is 4.79 Å². The van der Waals surface area contributed by atoms with Crippen molar-refractivity contribution in [3.05, 3.63) is 35.0 Å². The number of rotatable bonds is 1. The Morgan fingerprint density at radius 2 is 2.29 bits per heavy atom. The zero-order chi connectivity index (χ0) is 15.0. The smallest absolute Gasteiger partial charge is 0.254 e. The van der Waals surface area contributed by atoms with Gasteiger partial charge in [0.1, 0.15) is 0 Å². The van der Waals surface area contributed by atoms with Crippen molar-refractivity contribution >= 4 is 16.8 Å². The van der Waals surface area contributed by atoms with Crippen molar-refractivity contribution in [2.45, 2.75) is 20.0 Å². The zero-order valence-corrected chi connectivity index (χ0v) is 12.1. The van der Waals surface area contributed by atoms with Gasteiger partial charge in [-0.25, -0.2) is 0 Å². The summed E-state index contributed by atoms with van der Waals surface area (Å²) in [4.78, 5) is 17.6. The number of nitriles is 1. The average molecular weight is 283 g/mol. The van der Waals surface area contributed by atoms with E-state index in [0.29, 0.717) is 25.3 Å². The van der Waals surface area contributed by atoms with E-state index in [1.165, 1.54) is 0 Å². The minimum absolute atomic E-state index is 0.0429. The van der Waals surface area contributed by atoms with Crippen molar-refractivity contribution in [1.29, 1.82) is 5.26 Å². The molecule has 0 spiro atoms. The third kappa shape index (κ3) is 2.39. The third-order valence-electron chi connectivity index (χ3n) is 4.05. The lowest BCUT2D eigenvalue weighted by Crippen LogP contribution is -2.45. The Kier molecular flexibility index (Phi) is 3.40. The Labute approximate surface area is 123 Å². The Morgan fingerprint density at radius 3 is 3.05 bits per heavy atom. The lowest BCUT2D eigenvalue weighted by Gasteiger charge is -2.29. The Balaban J connectivity index is 1.91. The highest BCUT2D eigenvalue weighted by molar-refractivity contribution is 5.99. The highest BCUT2D eigenvalue weighted by atomic mass is 16.5. The van der Waals surface area contributed by atoms with Crippen molar-refractivity contribution in [1.82, 2.24) is 9.88 Å². The van der Waals surface area contributed by atoms with Gasteiger partial charge in [0, 0.05) is 28.7 Å². The van der Waals surface area contributed by atoms with E-state index in [9.17, 15) is 4.79 Å². The number of ether oxygens (including phenoxy) is 1. The van der Waals surface area contributed by atoms with Crippen LogP contribution in [0.4, 0.5) is 0 Å². The number of nitrogens with one attached hydrogen (secondary N) is 1. The number of hydrogen-bond donors (Lipinski definition) is 1.